The lowest BCUT2D eigenvalue weighted by Crippen LogP contribution is -2.11. The van der Waals surface area contributed by atoms with Crippen molar-refractivity contribution < 1.29 is 8.83 Å². The molecule has 0 aliphatic heterocycles. The SMILES string of the molecule is c1ccc2c(c1)cc(-c1ccc(-c3ccc(N(c4cc5ccccc5c5ccccc45)c4cccc5ccc6c7ccccc7oc6c45)cc3)cc1)c1ccccc12.c1ccc2c(c1)ccc1cc(N(c3ccc(-c4cc5ccccc5c5ccccc45)cc3)c3cccc4ccc5c6ccccc6oc5c34)ccc12. The first-order valence-corrected chi connectivity index (χ1v) is 37.8. The van der Waals surface area contributed by atoms with Crippen molar-refractivity contribution in [2.45, 2.75) is 0 Å². The van der Waals surface area contributed by atoms with Gasteiger partial charge in [0, 0.05) is 54.8 Å². The molecule has 23 aromatic rings. The van der Waals surface area contributed by atoms with Crippen LogP contribution in [0.15, 0.2) is 409 Å². The van der Waals surface area contributed by atoms with Gasteiger partial charge in [0.15, 0.2) is 0 Å². The number of furan rings is 2. The van der Waals surface area contributed by atoms with Gasteiger partial charge >= 0.3 is 0 Å². The standard InChI is InChI=1S/C56H35NO.C50H31NO/c1-3-15-43-40(12-1)34-51(47-19-6-5-17-45(43)47)38-26-24-36(25-27-38)37-28-31-42(32-29-37)57(53-35-41-13-2-4-16-44(41)46-18-7-8-20-48(46)53)52-22-11-14-39-30-33-50-49-21-9-10-23-54(49)58-56(50)55(39)52;1-3-13-39-32(10-1)20-21-36-30-38(27-29-41(36)39)51(47-18-9-12-34-24-28-45-44-17-7-8-19-48(44)52-50(45)49(34)47)37-25-22-33(23-26-37)46-31-35-11-2-4-14-40(35)42-15-5-6-16-43(42)46/h1-35H;1-31H. The van der Waals surface area contributed by atoms with E-state index in [1.54, 1.807) is 0 Å². The lowest BCUT2D eigenvalue weighted by molar-refractivity contribution is 0.672. The van der Waals surface area contributed by atoms with Crippen molar-refractivity contribution in [3.63, 3.8) is 0 Å². The molecule has 4 nitrogen and oxygen atoms in total. The van der Waals surface area contributed by atoms with E-state index in [9.17, 15) is 0 Å². The highest BCUT2D eigenvalue weighted by Gasteiger charge is 2.25. The zero-order chi connectivity index (χ0) is 72.3. The van der Waals surface area contributed by atoms with Crippen molar-refractivity contribution in [2.75, 3.05) is 9.80 Å². The van der Waals surface area contributed by atoms with E-state index in [2.05, 4.69) is 398 Å². The molecule has 23 rings (SSSR count). The van der Waals surface area contributed by atoms with E-state index in [4.69, 9.17) is 8.83 Å². The van der Waals surface area contributed by atoms with Crippen LogP contribution in [0.5, 0.6) is 0 Å². The van der Waals surface area contributed by atoms with E-state index in [-0.39, 0.29) is 0 Å². The lowest BCUT2D eigenvalue weighted by atomic mass is 9.92. The molecule has 0 amide bonds. The van der Waals surface area contributed by atoms with Crippen LogP contribution in [0.4, 0.5) is 34.1 Å². The normalized spacial score (nSPS) is 11.8. The molecule has 0 unspecified atom stereocenters. The highest BCUT2D eigenvalue weighted by Crippen LogP contribution is 2.50. The molecule has 2 aromatic heterocycles. The van der Waals surface area contributed by atoms with Gasteiger partial charge in [0.2, 0.25) is 0 Å². The molecule has 0 spiro atoms. The Morgan fingerprint density at radius 3 is 1.00 bits per heavy atom. The predicted molar refractivity (Wildman–Crippen MR) is 468 cm³/mol. The van der Waals surface area contributed by atoms with Crippen molar-refractivity contribution in [1.82, 2.24) is 0 Å². The summed E-state index contributed by atoms with van der Waals surface area (Å²) in [7, 11) is 0. The van der Waals surface area contributed by atoms with Crippen molar-refractivity contribution in [3.8, 4) is 33.4 Å². The molecule has 0 fully saturated rings. The Labute approximate surface area is 634 Å². The third-order valence-corrected chi connectivity index (χ3v) is 22.8. The van der Waals surface area contributed by atoms with E-state index < -0.39 is 0 Å². The van der Waals surface area contributed by atoms with E-state index in [1.165, 1.54) is 120 Å². The first-order chi connectivity index (χ1) is 54.5. The molecule has 0 saturated heterocycles. The Morgan fingerprint density at radius 1 is 0.164 bits per heavy atom. The van der Waals surface area contributed by atoms with Gasteiger partial charge in [-0.05, 0) is 216 Å². The quantitative estimate of drug-likeness (QED) is 0.135. The molecule has 0 bridgehead atoms. The number of benzene rings is 21. The Kier molecular flexibility index (Phi) is 14.6. The molecule has 0 saturated carbocycles. The van der Waals surface area contributed by atoms with Crippen LogP contribution in [-0.2, 0) is 0 Å². The van der Waals surface area contributed by atoms with Crippen molar-refractivity contribution >= 4 is 186 Å². The van der Waals surface area contributed by atoms with Gasteiger partial charge in [-0.25, -0.2) is 0 Å². The summed E-state index contributed by atoms with van der Waals surface area (Å²) in [6, 6.07) is 145. The molecule has 21 aromatic carbocycles. The van der Waals surface area contributed by atoms with Crippen LogP contribution < -0.4 is 9.80 Å². The van der Waals surface area contributed by atoms with E-state index >= 15 is 0 Å². The third-order valence-electron chi connectivity index (χ3n) is 22.8. The second-order valence-electron chi connectivity index (χ2n) is 28.9. The first kappa shape index (κ1) is 62.8. The molecule has 0 atom stereocenters. The number of nitrogens with zero attached hydrogens (tertiary/aromatic N) is 2. The van der Waals surface area contributed by atoms with Crippen LogP contribution in [0.3, 0.4) is 0 Å². The fourth-order valence-electron chi connectivity index (χ4n) is 17.7. The summed E-state index contributed by atoms with van der Waals surface area (Å²) in [5.41, 5.74) is 17.3. The highest BCUT2D eigenvalue weighted by atomic mass is 16.3. The van der Waals surface area contributed by atoms with Crippen molar-refractivity contribution in [3.05, 3.63) is 400 Å². The van der Waals surface area contributed by atoms with Crippen molar-refractivity contribution in [2.24, 2.45) is 0 Å². The number of rotatable bonds is 9. The molecule has 110 heavy (non-hydrogen) atoms. The Balaban J connectivity index is 0.000000136. The average molecular weight is 1400 g/mol. The Bertz CT molecular complexity index is 7660. The second kappa shape index (κ2) is 25.6. The summed E-state index contributed by atoms with van der Waals surface area (Å²) < 4.78 is 13.4. The third kappa shape index (κ3) is 10.3. The molecule has 4 heteroatoms. The molecule has 512 valence electrons. The van der Waals surface area contributed by atoms with Gasteiger partial charge in [0.1, 0.15) is 22.3 Å². The molecule has 2 heterocycles. The molecule has 0 aliphatic rings. The maximum Gasteiger partial charge on any atom is 0.145 e. The zero-order valence-electron chi connectivity index (χ0n) is 59.8. The van der Waals surface area contributed by atoms with Gasteiger partial charge in [0.25, 0.3) is 0 Å². The summed E-state index contributed by atoms with van der Waals surface area (Å²) in [4.78, 5) is 4.83. The molecule has 0 aliphatic carbocycles. The summed E-state index contributed by atoms with van der Waals surface area (Å²) in [6.07, 6.45) is 0. The summed E-state index contributed by atoms with van der Waals surface area (Å²) in [5, 5.41) is 28.9. The van der Waals surface area contributed by atoms with Crippen LogP contribution in [0.25, 0.3) is 185 Å². The topological polar surface area (TPSA) is 32.8 Å². The summed E-state index contributed by atoms with van der Waals surface area (Å²) >= 11 is 0. The van der Waals surface area contributed by atoms with Crippen LogP contribution >= 0.6 is 0 Å². The number of fused-ring (bicyclic) bond motifs is 22. The largest absolute Gasteiger partial charge is 0.455 e. The van der Waals surface area contributed by atoms with E-state index in [1.807, 2.05) is 12.1 Å². The van der Waals surface area contributed by atoms with Crippen LogP contribution in [0, 0.1) is 0 Å². The maximum absolute atomic E-state index is 6.72. The van der Waals surface area contributed by atoms with Crippen LogP contribution in [0.1, 0.15) is 0 Å². The zero-order valence-corrected chi connectivity index (χ0v) is 59.8. The fourth-order valence-corrected chi connectivity index (χ4v) is 17.7. The van der Waals surface area contributed by atoms with Crippen molar-refractivity contribution in [1.29, 1.82) is 0 Å². The average Bonchev–Trinajstić information content (AvgIpc) is 1.19. The second-order valence-corrected chi connectivity index (χ2v) is 28.9. The van der Waals surface area contributed by atoms with E-state index in [0.717, 1.165) is 99.5 Å². The number of hydrogen-bond donors (Lipinski definition) is 0. The van der Waals surface area contributed by atoms with Gasteiger partial charge < -0.3 is 18.6 Å². The lowest BCUT2D eigenvalue weighted by Gasteiger charge is -2.29. The number of anilines is 6. The molecular weight excluding hydrogens is 1330 g/mol. The van der Waals surface area contributed by atoms with Gasteiger partial charge in [-0.3, -0.25) is 0 Å². The first-order valence-electron chi connectivity index (χ1n) is 37.8. The molecular formula is C106H66N2O2. The van der Waals surface area contributed by atoms with Gasteiger partial charge in [-0.15, -0.1) is 0 Å². The van der Waals surface area contributed by atoms with E-state index in [0.29, 0.717) is 0 Å². The van der Waals surface area contributed by atoms with Gasteiger partial charge in [-0.2, -0.15) is 0 Å². The number of hydrogen-bond acceptors (Lipinski definition) is 4. The minimum Gasteiger partial charge on any atom is -0.455 e. The molecule has 0 radical (unpaired) electrons. The van der Waals surface area contributed by atoms with Crippen LogP contribution in [0.2, 0.25) is 0 Å². The van der Waals surface area contributed by atoms with Gasteiger partial charge in [-0.1, -0.05) is 309 Å². The Hall–Kier alpha value is -14.6. The summed E-state index contributed by atoms with van der Waals surface area (Å²) in [5.74, 6) is 0. The molecule has 0 N–H and O–H groups in total. The number of para-hydroxylation sites is 2. The fraction of sp³-hybridized carbons (Fsp3) is 0. The van der Waals surface area contributed by atoms with Crippen LogP contribution in [-0.4, -0.2) is 0 Å². The van der Waals surface area contributed by atoms with Gasteiger partial charge in [0.05, 0.1) is 17.1 Å². The smallest absolute Gasteiger partial charge is 0.145 e. The Morgan fingerprint density at radius 2 is 0.482 bits per heavy atom. The predicted octanol–water partition coefficient (Wildman–Crippen LogP) is 30.6. The summed E-state index contributed by atoms with van der Waals surface area (Å²) in [6.45, 7) is 0. The maximum atomic E-state index is 6.72. The highest BCUT2D eigenvalue weighted by molar-refractivity contribution is 6.24. The monoisotopic (exact) mass is 1400 g/mol. The minimum atomic E-state index is 0.895. The minimum absolute atomic E-state index is 0.895.